The summed E-state index contributed by atoms with van der Waals surface area (Å²) in [5, 5.41) is 25.7. The van der Waals surface area contributed by atoms with Crippen LogP contribution in [0, 0.1) is 13.8 Å². The fourth-order valence-electron chi connectivity index (χ4n) is 4.27. The molecule has 0 bridgehead atoms. The SMILES string of the molecule is CCc1nccc(Nc2nc(-c3nn(Cc4nnc(C)o4)c(C4CC4)c3C)ncc2OC)c1C(=O)O. The molecule has 1 saturated carbocycles. The predicted molar refractivity (Wildman–Crippen MR) is 129 cm³/mol. The average Bonchev–Trinajstić information content (AvgIpc) is 3.53. The van der Waals surface area contributed by atoms with E-state index in [1.807, 2.05) is 18.5 Å². The van der Waals surface area contributed by atoms with Crippen LogP contribution < -0.4 is 10.1 Å². The fourth-order valence-corrected chi connectivity index (χ4v) is 4.27. The standard InChI is InChI=1S/C24H26N8O4/c1-5-15-19(24(33)34)16(8-9-25-15)27-22-17(35-4)10-26-23(28-22)20-12(2)21(14-6-7-14)32(31-20)11-18-30-29-13(3)36-18/h8-10,14H,5-7,11H2,1-4H3,(H,33,34)(H,25,26,27,28). The Morgan fingerprint density at radius 3 is 2.72 bits per heavy atom. The number of carbonyl (C=O) groups is 1. The number of aryl methyl sites for hydroxylation is 2. The molecular formula is C24H26N8O4. The van der Waals surface area contributed by atoms with Crippen LogP contribution in [-0.2, 0) is 13.0 Å². The normalized spacial score (nSPS) is 13.1. The van der Waals surface area contributed by atoms with Crippen LogP contribution in [0.15, 0.2) is 22.9 Å². The zero-order valence-corrected chi connectivity index (χ0v) is 20.4. The molecule has 12 nitrogen and oxygen atoms in total. The van der Waals surface area contributed by atoms with Crippen LogP contribution in [0.5, 0.6) is 5.75 Å². The first kappa shape index (κ1) is 23.4. The van der Waals surface area contributed by atoms with Gasteiger partial charge in [-0.1, -0.05) is 6.92 Å². The average molecular weight is 491 g/mol. The number of nitrogens with one attached hydrogen (secondary N) is 1. The van der Waals surface area contributed by atoms with Crippen molar-refractivity contribution < 1.29 is 19.1 Å². The smallest absolute Gasteiger partial charge is 0.339 e. The molecule has 2 N–H and O–H groups in total. The lowest BCUT2D eigenvalue weighted by Crippen LogP contribution is -2.10. The fraction of sp³-hybridized carbons (Fsp3) is 0.375. The Kier molecular flexibility index (Phi) is 6.08. The van der Waals surface area contributed by atoms with Crippen molar-refractivity contribution in [3.63, 3.8) is 0 Å². The lowest BCUT2D eigenvalue weighted by atomic mass is 10.1. The molecule has 0 saturated heterocycles. The van der Waals surface area contributed by atoms with Crippen molar-refractivity contribution in [2.45, 2.75) is 52.5 Å². The van der Waals surface area contributed by atoms with Crippen molar-refractivity contribution in [2.24, 2.45) is 0 Å². The van der Waals surface area contributed by atoms with Crippen LogP contribution in [-0.4, -0.2) is 53.1 Å². The second-order valence-electron chi connectivity index (χ2n) is 8.58. The van der Waals surface area contributed by atoms with Gasteiger partial charge in [-0.2, -0.15) is 5.10 Å². The number of anilines is 2. The van der Waals surface area contributed by atoms with Crippen LogP contribution in [0.1, 0.15) is 64.8 Å². The van der Waals surface area contributed by atoms with Gasteiger partial charge in [-0.25, -0.2) is 14.8 Å². The maximum Gasteiger partial charge on any atom is 0.339 e. The Morgan fingerprint density at radius 1 is 1.28 bits per heavy atom. The van der Waals surface area contributed by atoms with Crippen molar-refractivity contribution in [3.8, 4) is 17.3 Å². The summed E-state index contributed by atoms with van der Waals surface area (Å²) in [6.07, 6.45) is 5.76. The Hall–Kier alpha value is -4.35. The molecule has 0 spiro atoms. The molecule has 36 heavy (non-hydrogen) atoms. The number of rotatable bonds is 9. The summed E-state index contributed by atoms with van der Waals surface area (Å²) >= 11 is 0. The molecule has 0 aliphatic heterocycles. The van der Waals surface area contributed by atoms with Crippen LogP contribution in [0.2, 0.25) is 0 Å². The number of aromatic carboxylic acids is 1. The van der Waals surface area contributed by atoms with E-state index >= 15 is 0 Å². The summed E-state index contributed by atoms with van der Waals surface area (Å²) in [5.41, 5.74) is 3.64. The Balaban J connectivity index is 1.55. The number of hydrogen-bond donors (Lipinski definition) is 2. The van der Waals surface area contributed by atoms with Crippen molar-refractivity contribution in [3.05, 3.63) is 52.8 Å². The van der Waals surface area contributed by atoms with Gasteiger partial charge in [0.15, 0.2) is 17.4 Å². The molecule has 4 aromatic rings. The van der Waals surface area contributed by atoms with Crippen LogP contribution in [0.4, 0.5) is 11.5 Å². The molecule has 0 radical (unpaired) electrons. The molecule has 0 amide bonds. The molecule has 4 aromatic heterocycles. The van der Waals surface area contributed by atoms with Crippen molar-refractivity contribution in [2.75, 3.05) is 12.4 Å². The zero-order chi connectivity index (χ0) is 25.4. The molecule has 1 aliphatic rings. The van der Waals surface area contributed by atoms with Crippen LogP contribution >= 0.6 is 0 Å². The minimum absolute atomic E-state index is 0.0912. The van der Waals surface area contributed by atoms with E-state index in [0.29, 0.717) is 65.1 Å². The highest BCUT2D eigenvalue weighted by Crippen LogP contribution is 2.43. The Morgan fingerprint density at radius 2 is 2.08 bits per heavy atom. The largest absolute Gasteiger partial charge is 0.491 e. The lowest BCUT2D eigenvalue weighted by Gasteiger charge is -2.14. The first-order valence-electron chi connectivity index (χ1n) is 11.6. The van der Waals surface area contributed by atoms with Gasteiger partial charge in [0, 0.05) is 30.3 Å². The molecule has 0 unspecified atom stereocenters. The van der Waals surface area contributed by atoms with E-state index in [0.717, 1.165) is 24.1 Å². The highest BCUT2D eigenvalue weighted by atomic mass is 16.5. The number of aromatic nitrogens is 7. The van der Waals surface area contributed by atoms with Gasteiger partial charge in [-0.15, -0.1) is 10.2 Å². The lowest BCUT2D eigenvalue weighted by molar-refractivity contribution is 0.0696. The summed E-state index contributed by atoms with van der Waals surface area (Å²) in [5.74, 6) is 1.40. The van der Waals surface area contributed by atoms with Gasteiger partial charge >= 0.3 is 5.97 Å². The van der Waals surface area contributed by atoms with Gasteiger partial charge in [-0.3, -0.25) is 9.67 Å². The highest BCUT2D eigenvalue weighted by molar-refractivity contribution is 5.96. The molecule has 0 atom stereocenters. The second-order valence-corrected chi connectivity index (χ2v) is 8.58. The monoisotopic (exact) mass is 490 g/mol. The van der Waals surface area contributed by atoms with Gasteiger partial charge in [0.25, 0.3) is 0 Å². The molecule has 0 aromatic carbocycles. The summed E-state index contributed by atoms with van der Waals surface area (Å²) in [6, 6.07) is 1.60. The first-order valence-corrected chi connectivity index (χ1v) is 11.6. The van der Waals surface area contributed by atoms with Gasteiger partial charge in [0.05, 0.1) is 24.7 Å². The molecule has 12 heteroatoms. The Labute approximate surface area is 206 Å². The highest BCUT2D eigenvalue weighted by Gasteiger charge is 2.32. The van der Waals surface area contributed by atoms with E-state index in [1.165, 1.54) is 7.11 Å². The molecular weight excluding hydrogens is 464 g/mol. The second kappa shape index (κ2) is 9.36. The van der Waals surface area contributed by atoms with E-state index in [-0.39, 0.29) is 5.56 Å². The minimum Gasteiger partial charge on any atom is -0.491 e. The minimum atomic E-state index is -1.07. The van der Waals surface area contributed by atoms with Gasteiger partial charge in [-0.05, 0) is 32.3 Å². The number of methoxy groups -OCH3 is 1. The Bertz CT molecular complexity index is 1440. The van der Waals surface area contributed by atoms with Crippen LogP contribution in [0.3, 0.4) is 0 Å². The van der Waals surface area contributed by atoms with Crippen molar-refractivity contribution in [1.82, 2.24) is 34.9 Å². The number of pyridine rings is 1. The van der Waals surface area contributed by atoms with E-state index in [4.69, 9.17) is 14.3 Å². The summed E-state index contributed by atoms with van der Waals surface area (Å²) in [4.78, 5) is 25.3. The summed E-state index contributed by atoms with van der Waals surface area (Å²) in [7, 11) is 1.50. The summed E-state index contributed by atoms with van der Waals surface area (Å²) < 4.78 is 12.9. The number of ether oxygens (including phenoxy) is 1. The van der Waals surface area contributed by atoms with Crippen molar-refractivity contribution in [1.29, 1.82) is 0 Å². The third-order valence-corrected chi connectivity index (χ3v) is 6.07. The predicted octanol–water partition coefficient (Wildman–Crippen LogP) is 3.67. The van der Waals surface area contributed by atoms with E-state index in [9.17, 15) is 9.90 Å². The van der Waals surface area contributed by atoms with Crippen molar-refractivity contribution >= 4 is 17.5 Å². The molecule has 1 aliphatic carbocycles. The van der Waals surface area contributed by atoms with E-state index in [1.54, 1.807) is 25.4 Å². The summed E-state index contributed by atoms with van der Waals surface area (Å²) in [6.45, 7) is 5.96. The third-order valence-electron chi connectivity index (χ3n) is 6.07. The molecule has 5 rings (SSSR count). The van der Waals surface area contributed by atoms with Gasteiger partial charge in [0.1, 0.15) is 17.8 Å². The number of carboxylic acid groups (broad SMARTS) is 1. The van der Waals surface area contributed by atoms with E-state index in [2.05, 4.69) is 30.5 Å². The topological polar surface area (TPSA) is 154 Å². The third kappa shape index (κ3) is 4.37. The zero-order valence-electron chi connectivity index (χ0n) is 20.4. The van der Waals surface area contributed by atoms with E-state index < -0.39 is 5.97 Å². The molecule has 186 valence electrons. The van der Waals surface area contributed by atoms with Gasteiger partial charge in [0.2, 0.25) is 11.8 Å². The molecule has 1 fully saturated rings. The molecule has 4 heterocycles. The van der Waals surface area contributed by atoms with Gasteiger partial charge < -0.3 is 19.6 Å². The maximum atomic E-state index is 12.0. The maximum absolute atomic E-state index is 12.0. The number of nitrogens with zero attached hydrogens (tertiary/aromatic N) is 7. The number of carboxylic acids is 1. The first-order chi connectivity index (χ1) is 17.4. The quantitative estimate of drug-likeness (QED) is 0.353. The number of hydrogen-bond acceptors (Lipinski definition) is 10. The van der Waals surface area contributed by atoms with Crippen LogP contribution in [0.25, 0.3) is 11.5 Å².